The fourth-order valence-electron chi connectivity index (χ4n) is 1.74. The van der Waals surface area contributed by atoms with Gasteiger partial charge in [0.2, 0.25) is 0 Å². The first kappa shape index (κ1) is 12.9. The van der Waals surface area contributed by atoms with E-state index in [1.165, 1.54) is 11.4 Å². The van der Waals surface area contributed by atoms with E-state index in [1.807, 2.05) is 0 Å². The van der Waals surface area contributed by atoms with Crippen LogP contribution in [0.5, 0.6) is 0 Å². The van der Waals surface area contributed by atoms with E-state index in [1.54, 1.807) is 0 Å². The van der Waals surface area contributed by atoms with Crippen LogP contribution in [0.2, 0.25) is 0 Å². The van der Waals surface area contributed by atoms with E-state index in [4.69, 9.17) is 0 Å². The van der Waals surface area contributed by atoms with Crippen LogP contribution in [0, 0.1) is 0 Å². The number of rotatable bonds is 6. The number of benzene rings is 1. The smallest absolute Gasteiger partial charge is 0.0367 e. The summed E-state index contributed by atoms with van der Waals surface area (Å²) in [6, 6.07) is 9.26. The fourth-order valence-corrected chi connectivity index (χ4v) is 1.74. The second kappa shape index (κ2) is 6.41. The van der Waals surface area contributed by atoms with Crippen molar-refractivity contribution < 1.29 is 0 Å². The molecule has 0 aromatic heterocycles. The van der Waals surface area contributed by atoms with E-state index >= 15 is 0 Å². The van der Waals surface area contributed by atoms with E-state index in [0.29, 0.717) is 6.04 Å². The molecule has 1 rings (SSSR count). The molecule has 1 aromatic rings. The van der Waals surface area contributed by atoms with E-state index in [2.05, 4.69) is 62.2 Å². The van der Waals surface area contributed by atoms with Gasteiger partial charge in [0.05, 0.1) is 0 Å². The van der Waals surface area contributed by atoms with Gasteiger partial charge in [-0.3, -0.25) is 0 Å². The van der Waals surface area contributed by atoms with Crippen molar-refractivity contribution in [2.75, 3.05) is 23.3 Å². The highest BCUT2D eigenvalue weighted by molar-refractivity contribution is 5.55. The van der Waals surface area contributed by atoms with Gasteiger partial charge in [-0.15, -0.1) is 0 Å². The number of nitrogens with zero attached hydrogens (tertiary/aromatic N) is 1. The summed E-state index contributed by atoms with van der Waals surface area (Å²) in [5, 5.41) is 3.48. The minimum atomic E-state index is 0.541. The molecule has 90 valence electrons. The van der Waals surface area contributed by atoms with Crippen LogP contribution in [0.1, 0.15) is 34.1 Å². The summed E-state index contributed by atoms with van der Waals surface area (Å²) in [4.78, 5) is 2.35. The van der Waals surface area contributed by atoms with Gasteiger partial charge in [-0.2, -0.15) is 0 Å². The maximum atomic E-state index is 3.48. The van der Waals surface area contributed by atoms with Crippen molar-refractivity contribution in [2.45, 2.75) is 40.2 Å². The monoisotopic (exact) mass is 220 g/mol. The Morgan fingerprint density at radius 2 is 1.62 bits per heavy atom. The number of nitrogens with one attached hydrogen (secondary N) is 1. The van der Waals surface area contributed by atoms with Crippen LogP contribution in [-0.4, -0.2) is 19.1 Å². The average molecular weight is 220 g/mol. The number of hydrogen-bond donors (Lipinski definition) is 1. The molecule has 16 heavy (non-hydrogen) atoms. The third kappa shape index (κ3) is 3.44. The molecular formula is C14H24N2. The number of anilines is 2. The summed E-state index contributed by atoms with van der Waals surface area (Å²) in [5.74, 6) is 0. The summed E-state index contributed by atoms with van der Waals surface area (Å²) < 4.78 is 0. The van der Waals surface area contributed by atoms with E-state index in [0.717, 1.165) is 19.5 Å². The van der Waals surface area contributed by atoms with Crippen molar-refractivity contribution in [1.82, 2.24) is 0 Å². The predicted octanol–water partition coefficient (Wildman–Crippen LogP) is 3.74. The van der Waals surface area contributed by atoms with Gasteiger partial charge in [0.1, 0.15) is 0 Å². The largest absolute Gasteiger partial charge is 0.383 e. The van der Waals surface area contributed by atoms with Gasteiger partial charge in [-0.05, 0) is 51.5 Å². The third-order valence-electron chi connectivity index (χ3n) is 3.02. The van der Waals surface area contributed by atoms with Crippen molar-refractivity contribution in [3.8, 4) is 0 Å². The van der Waals surface area contributed by atoms with Crippen molar-refractivity contribution in [1.29, 1.82) is 0 Å². The Morgan fingerprint density at radius 1 is 1.06 bits per heavy atom. The van der Waals surface area contributed by atoms with Gasteiger partial charge >= 0.3 is 0 Å². The quantitative estimate of drug-likeness (QED) is 0.785. The minimum Gasteiger partial charge on any atom is -0.383 e. The second-order valence-electron chi connectivity index (χ2n) is 4.17. The fraction of sp³-hybridized carbons (Fsp3) is 0.571. The summed E-state index contributed by atoms with van der Waals surface area (Å²) in [6.07, 6.45) is 1.15. The Balaban J connectivity index is 2.67. The lowest BCUT2D eigenvalue weighted by molar-refractivity contribution is 0.764. The molecule has 1 unspecified atom stereocenters. The molecule has 0 aliphatic heterocycles. The van der Waals surface area contributed by atoms with Crippen LogP contribution in [0.15, 0.2) is 24.3 Å². The van der Waals surface area contributed by atoms with Crippen LogP contribution in [0.25, 0.3) is 0 Å². The molecule has 2 nitrogen and oxygen atoms in total. The highest BCUT2D eigenvalue weighted by Crippen LogP contribution is 2.18. The molecule has 1 N–H and O–H groups in total. The van der Waals surface area contributed by atoms with Gasteiger partial charge in [0.25, 0.3) is 0 Å². The standard InChI is InChI=1S/C14H24N2/c1-5-12(4)15-13-8-10-14(11-9-13)16(6-2)7-3/h8-12,15H,5-7H2,1-4H3. The maximum absolute atomic E-state index is 3.48. The Hall–Kier alpha value is -1.18. The molecule has 0 spiro atoms. The van der Waals surface area contributed by atoms with Gasteiger partial charge in [-0.1, -0.05) is 6.92 Å². The Kier molecular flexibility index (Phi) is 5.17. The maximum Gasteiger partial charge on any atom is 0.0367 e. The third-order valence-corrected chi connectivity index (χ3v) is 3.02. The predicted molar refractivity (Wildman–Crippen MR) is 73.4 cm³/mol. The van der Waals surface area contributed by atoms with Crippen LogP contribution in [0.3, 0.4) is 0 Å². The van der Waals surface area contributed by atoms with Crippen molar-refractivity contribution >= 4 is 11.4 Å². The first-order valence-corrected chi connectivity index (χ1v) is 6.32. The lowest BCUT2D eigenvalue weighted by atomic mass is 10.2. The lowest BCUT2D eigenvalue weighted by Crippen LogP contribution is -2.21. The van der Waals surface area contributed by atoms with Gasteiger partial charge in [0, 0.05) is 30.5 Å². The highest BCUT2D eigenvalue weighted by atomic mass is 15.1. The highest BCUT2D eigenvalue weighted by Gasteiger charge is 2.02. The zero-order valence-electron chi connectivity index (χ0n) is 11.0. The lowest BCUT2D eigenvalue weighted by Gasteiger charge is -2.21. The SMILES string of the molecule is CCC(C)Nc1ccc(N(CC)CC)cc1. The molecule has 1 atom stereocenters. The van der Waals surface area contributed by atoms with Crippen molar-refractivity contribution in [2.24, 2.45) is 0 Å². The molecular weight excluding hydrogens is 196 g/mol. The van der Waals surface area contributed by atoms with E-state index in [9.17, 15) is 0 Å². The Labute approximate surface area is 99.7 Å². The average Bonchev–Trinajstić information content (AvgIpc) is 2.32. The molecule has 0 saturated heterocycles. The molecule has 0 fully saturated rings. The van der Waals surface area contributed by atoms with Crippen molar-refractivity contribution in [3.05, 3.63) is 24.3 Å². The second-order valence-corrected chi connectivity index (χ2v) is 4.17. The topological polar surface area (TPSA) is 15.3 Å². The minimum absolute atomic E-state index is 0.541. The molecule has 1 aromatic carbocycles. The first-order chi connectivity index (χ1) is 7.71. The summed E-state index contributed by atoms with van der Waals surface area (Å²) >= 11 is 0. The molecule has 2 heteroatoms. The van der Waals surface area contributed by atoms with Gasteiger partial charge in [0.15, 0.2) is 0 Å². The van der Waals surface area contributed by atoms with Crippen LogP contribution in [-0.2, 0) is 0 Å². The van der Waals surface area contributed by atoms with Crippen LogP contribution in [0.4, 0.5) is 11.4 Å². The van der Waals surface area contributed by atoms with Crippen LogP contribution >= 0.6 is 0 Å². The van der Waals surface area contributed by atoms with E-state index in [-0.39, 0.29) is 0 Å². The molecule has 0 radical (unpaired) electrons. The molecule has 0 heterocycles. The zero-order chi connectivity index (χ0) is 12.0. The van der Waals surface area contributed by atoms with Crippen molar-refractivity contribution in [3.63, 3.8) is 0 Å². The molecule has 0 aliphatic carbocycles. The summed E-state index contributed by atoms with van der Waals surface area (Å²) in [5.41, 5.74) is 2.52. The molecule has 0 bridgehead atoms. The van der Waals surface area contributed by atoms with Gasteiger partial charge < -0.3 is 10.2 Å². The van der Waals surface area contributed by atoms with Gasteiger partial charge in [-0.25, -0.2) is 0 Å². The Morgan fingerprint density at radius 3 is 2.06 bits per heavy atom. The van der Waals surface area contributed by atoms with E-state index < -0.39 is 0 Å². The molecule has 0 amide bonds. The molecule has 0 aliphatic rings. The van der Waals surface area contributed by atoms with Crippen LogP contribution < -0.4 is 10.2 Å². The molecule has 0 saturated carbocycles. The zero-order valence-corrected chi connectivity index (χ0v) is 11.0. The Bertz CT molecular complexity index is 288. The normalized spacial score (nSPS) is 12.2. The number of hydrogen-bond acceptors (Lipinski definition) is 2. The summed E-state index contributed by atoms with van der Waals surface area (Å²) in [7, 11) is 0. The first-order valence-electron chi connectivity index (χ1n) is 6.32. The summed E-state index contributed by atoms with van der Waals surface area (Å²) in [6.45, 7) is 10.9.